The van der Waals surface area contributed by atoms with Gasteiger partial charge in [-0.2, -0.15) is 5.10 Å². The van der Waals surface area contributed by atoms with E-state index in [2.05, 4.69) is 20.7 Å². The van der Waals surface area contributed by atoms with Gasteiger partial charge in [-0.15, -0.1) is 11.3 Å². The van der Waals surface area contributed by atoms with E-state index >= 15 is 0 Å². The summed E-state index contributed by atoms with van der Waals surface area (Å²) in [6, 6.07) is 7.89. The van der Waals surface area contributed by atoms with E-state index in [0.29, 0.717) is 0 Å². The zero-order valence-electron chi connectivity index (χ0n) is 27.3. The smallest absolute Gasteiger partial charge is 0.272 e. The third-order valence-electron chi connectivity index (χ3n) is 7.88. The summed E-state index contributed by atoms with van der Waals surface area (Å²) in [5, 5.41) is 21.0. The molecule has 1 aromatic carbocycles. The lowest BCUT2D eigenvalue weighted by Crippen LogP contribution is -2.57. The molecule has 1 fully saturated rings. The van der Waals surface area contributed by atoms with Crippen LogP contribution in [0, 0.1) is 12.3 Å². The van der Waals surface area contributed by atoms with Gasteiger partial charge in [0.1, 0.15) is 17.8 Å². The molecule has 0 aliphatic carbocycles. The largest absolute Gasteiger partial charge is 0.391 e. The van der Waals surface area contributed by atoms with Gasteiger partial charge in [0.25, 0.3) is 5.91 Å². The van der Waals surface area contributed by atoms with Crippen LogP contribution in [0.15, 0.2) is 35.8 Å². The minimum absolute atomic E-state index is 0.0123. The third kappa shape index (κ3) is 7.38. The van der Waals surface area contributed by atoms with Gasteiger partial charge in [0.2, 0.25) is 11.8 Å². The molecule has 238 valence electrons. The van der Waals surface area contributed by atoms with Gasteiger partial charge in [-0.3, -0.25) is 19.1 Å². The van der Waals surface area contributed by atoms with Gasteiger partial charge >= 0.3 is 0 Å². The van der Waals surface area contributed by atoms with Crippen LogP contribution in [-0.4, -0.2) is 67.2 Å². The van der Waals surface area contributed by atoms with Crippen LogP contribution in [0.3, 0.4) is 0 Å². The molecule has 3 atom stereocenters. The van der Waals surface area contributed by atoms with Crippen molar-refractivity contribution in [3.63, 3.8) is 0 Å². The molecule has 0 radical (unpaired) electrons. The average Bonchev–Trinajstić information content (AvgIpc) is 3.67. The molecule has 0 unspecified atom stereocenters. The number of aromatic nitrogens is 3. The lowest BCUT2D eigenvalue weighted by Gasteiger charge is -2.35. The maximum Gasteiger partial charge on any atom is 0.272 e. The van der Waals surface area contributed by atoms with Crippen molar-refractivity contribution in [3.8, 4) is 10.4 Å². The summed E-state index contributed by atoms with van der Waals surface area (Å²) in [7, 11) is 0. The number of hydrogen-bond acceptors (Lipinski definition) is 7. The van der Waals surface area contributed by atoms with Crippen LogP contribution in [-0.2, 0) is 21.7 Å². The number of hydrogen-bond donors (Lipinski definition) is 3. The Morgan fingerprint density at radius 1 is 1.09 bits per heavy atom. The number of nitrogens with one attached hydrogen (secondary N) is 2. The molecule has 3 amide bonds. The van der Waals surface area contributed by atoms with Crippen molar-refractivity contribution < 1.29 is 19.5 Å². The summed E-state index contributed by atoms with van der Waals surface area (Å²) in [6.07, 6.45) is -0.719. The fourth-order valence-corrected chi connectivity index (χ4v) is 6.25. The van der Waals surface area contributed by atoms with E-state index in [1.807, 2.05) is 96.8 Å². The minimum Gasteiger partial charge on any atom is -0.391 e. The zero-order chi connectivity index (χ0) is 32.6. The first-order chi connectivity index (χ1) is 20.5. The molecule has 3 heterocycles. The Balaban J connectivity index is 1.48. The first-order valence-corrected chi connectivity index (χ1v) is 16.0. The number of likely N-dealkylation sites (tertiary alicyclic amines) is 1. The SMILES string of the molecule is Cc1ncsc1-c1ccc(CNC(=O)[C@@H]2C[C@@H](O)CN2C(=O)[C@H](NC(=O)c2cc(C(C)C)n(C(C)(C)C)n2)C(C)(C)C)cc1. The number of thiazole rings is 1. The second-order valence-corrected chi connectivity index (χ2v) is 14.9. The van der Waals surface area contributed by atoms with E-state index in [1.165, 1.54) is 4.90 Å². The number of amides is 3. The summed E-state index contributed by atoms with van der Waals surface area (Å²) in [5.41, 5.74) is 4.93. The van der Waals surface area contributed by atoms with Crippen molar-refractivity contribution in [2.24, 2.45) is 5.41 Å². The van der Waals surface area contributed by atoms with Crippen LogP contribution in [0.5, 0.6) is 0 Å². The summed E-state index contributed by atoms with van der Waals surface area (Å²) >= 11 is 1.58. The molecule has 0 spiro atoms. The Bertz CT molecular complexity index is 1500. The number of nitrogens with zero attached hydrogens (tertiary/aromatic N) is 4. The Morgan fingerprint density at radius 3 is 2.27 bits per heavy atom. The molecule has 0 bridgehead atoms. The molecule has 10 nitrogen and oxygen atoms in total. The summed E-state index contributed by atoms with van der Waals surface area (Å²) in [6.45, 7) is 18.0. The summed E-state index contributed by atoms with van der Waals surface area (Å²) in [4.78, 5) is 47.7. The molecular weight excluding hydrogens is 576 g/mol. The second-order valence-electron chi connectivity index (χ2n) is 14.0. The maximum atomic E-state index is 14.0. The second kappa shape index (κ2) is 12.8. The summed E-state index contributed by atoms with van der Waals surface area (Å²) < 4.78 is 1.85. The highest BCUT2D eigenvalue weighted by molar-refractivity contribution is 7.13. The molecule has 11 heteroatoms. The average molecular weight is 623 g/mol. The fraction of sp³-hybridized carbons (Fsp3) is 0.545. The minimum atomic E-state index is -0.944. The van der Waals surface area contributed by atoms with Crippen LogP contribution in [0.4, 0.5) is 0 Å². The van der Waals surface area contributed by atoms with Crippen LogP contribution in [0.1, 0.15) is 95.2 Å². The van der Waals surface area contributed by atoms with Crippen molar-refractivity contribution in [1.29, 1.82) is 0 Å². The number of aryl methyl sites for hydroxylation is 1. The van der Waals surface area contributed by atoms with Gasteiger partial charge in [-0.05, 0) is 56.2 Å². The predicted octanol–water partition coefficient (Wildman–Crippen LogP) is 4.62. The van der Waals surface area contributed by atoms with Gasteiger partial charge in [0.05, 0.1) is 27.7 Å². The molecule has 2 aromatic heterocycles. The first kappa shape index (κ1) is 33.3. The molecule has 4 rings (SSSR count). The van der Waals surface area contributed by atoms with Crippen LogP contribution in [0.2, 0.25) is 0 Å². The number of aliphatic hydroxyl groups is 1. The zero-order valence-corrected chi connectivity index (χ0v) is 28.1. The van der Waals surface area contributed by atoms with Crippen LogP contribution in [0.25, 0.3) is 10.4 Å². The van der Waals surface area contributed by atoms with Crippen molar-refractivity contribution in [2.75, 3.05) is 6.54 Å². The van der Waals surface area contributed by atoms with Crippen LogP contribution < -0.4 is 10.6 Å². The lowest BCUT2D eigenvalue weighted by molar-refractivity contribution is -0.142. The van der Waals surface area contributed by atoms with Gasteiger partial charge in [-0.1, -0.05) is 58.9 Å². The highest BCUT2D eigenvalue weighted by atomic mass is 32.1. The monoisotopic (exact) mass is 622 g/mol. The molecule has 44 heavy (non-hydrogen) atoms. The number of β-amino-alcohol motifs (C(OH)–C–C–N with tert-alkyl or cyclic N) is 1. The highest BCUT2D eigenvalue weighted by Gasteiger charge is 2.44. The van der Waals surface area contributed by atoms with Crippen molar-refractivity contribution >= 4 is 29.1 Å². The van der Waals surface area contributed by atoms with E-state index in [4.69, 9.17) is 0 Å². The Hall–Kier alpha value is -3.57. The molecule has 1 saturated heterocycles. The van der Waals surface area contributed by atoms with Crippen molar-refractivity contribution in [1.82, 2.24) is 30.3 Å². The summed E-state index contributed by atoms with van der Waals surface area (Å²) in [5.74, 6) is -1.07. The van der Waals surface area contributed by atoms with Gasteiger partial charge < -0.3 is 20.6 Å². The molecule has 1 aliphatic heterocycles. The third-order valence-corrected chi connectivity index (χ3v) is 8.86. The van der Waals surface area contributed by atoms with Gasteiger partial charge in [0.15, 0.2) is 0 Å². The molecule has 1 aliphatic rings. The van der Waals surface area contributed by atoms with E-state index in [9.17, 15) is 19.5 Å². The van der Waals surface area contributed by atoms with E-state index < -0.39 is 35.4 Å². The van der Waals surface area contributed by atoms with E-state index in [0.717, 1.165) is 27.4 Å². The fourth-order valence-electron chi connectivity index (χ4n) is 5.44. The molecular formula is C33H46N6O4S. The van der Waals surface area contributed by atoms with E-state index in [-0.39, 0.29) is 42.6 Å². The number of carbonyl (C=O) groups is 3. The van der Waals surface area contributed by atoms with Crippen molar-refractivity contribution in [2.45, 2.75) is 105 Å². The van der Waals surface area contributed by atoms with Crippen LogP contribution >= 0.6 is 11.3 Å². The predicted molar refractivity (Wildman–Crippen MR) is 172 cm³/mol. The van der Waals surface area contributed by atoms with Gasteiger partial charge in [-0.25, -0.2) is 4.98 Å². The number of rotatable bonds is 8. The lowest BCUT2D eigenvalue weighted by atomic mass is 9.85. The van der Waals surface area contributed by atoms with Gasteiger partial charge in [0, 0.05) is 25.2 Å². The number of aliphatic hydroxyl groups excluding tert-OH is 1. The Labute approximate surface area is 264 Å². The first-order valence-electron chi connectivity index (χ1n) is 15.1. The molecule has 3 N–H and O–H groups in total. The maximum absolute atomic E-state index is 14.0. The highest BCUT2D eigenvalue weighted by Crippen LogP contribution is 2.29. The Kier molecular flexibility index (Phi) is 9.70. The quantitative estimate of drug-likeness (QED) is 0.336. The number of benzene rings is 1. The number of carbonyl (C=O) groups excluding carboxylic acids is 3. The normalized spacial score (nSPS) is 18.0. The Morgan fingerprint density at radius 2 is 1.75 bits per heavy atom. The molecule has 3 aromatic rings. The standard InChI is InChI=1S/C33H46N6O4S/c1-19(2)25-15-24(37-39(25)33(7,8)9)29(41)36-28(32(4,5)6)31(43)38-17-23(40)14-26(38)30(42)34-16-21-10-12-22(13-11-21)27-20(3)35-18-44-27/h10-13,15,18-19,23,26,28,40H,14,16-17H2,1-9H3,(H,34,42)(H,36,41)/t23-,26+,28+/m1/s1. The topological polar surface area (TPSA) is 129 Å². The van der Waals surface area contributed by atoms with Crippen molar-refractivity contribution in [3.05, 3.63) is 58.5 Å². The molecule has 0 saturated carbocycles. The van der Waals surface area contributed by atoms with E-state index in [1.54, 1.807) is 17.4 Å².